The highest BCUT2D eigenvalue weighted by molar-refractivity contribution is 9.11. The predicted molar refractivity (Wildman–Crippen MR) is 80.1 cm³/mol. The fourth-order valence-electron chi connectivity index (χ4n) is 1.76. The first-order valence-electron chi connectivity index (χ1n) is 5.81. The van der Waals surface area contributed by atoms with Crippen LogP contribution < -0.4 is 11.1 Å². The van der Waals surface area contributed by atoms with E-state index in [9.17, 15) is 13.2 Å². The van der Waals surface area contributed by atoms with Gasteiger partial charge in [0.05, 0.1) is 9.35 Å². The van der Waals surface area contributed by atoms with Gasteiger partial charge in [0, 0.05) is 22.8 Å². The molecule has 0 saturated carbocycles. The standard InChI is InChI=1S/C13H12BrF3N2S/c14-12-4-2-9(20-12)5-6-19-11-3-1-8(18)7-10(11)13(15,16)17/h1-4,7,19H,5-6,18H2. The van der Waals surface area contributed by atoms with E-state index in [-0.39, 0.29) is 11.4 Å². The summed E-state index contributed by atoms with van der Waals surface area (Å²) in [5.41, 5.74) is 4.84. The number of nitrogens with one attached hydrogen (secondary N) is 1. The Bertz CT molecular complexity index is 596. The number of nitrogen functional groups attached to an aromatic ring is 1. The normalized spacial score (nSPS) is 11.6. The van der Waals surface area contributed by atoms with Crippen LogP contribution in [0.4, 0.5) is 24.5 Å². The largest absolute Gasteiger partial charge is 0.418 e. The first kappa shape index (κ1) is 15.2. The molecular formula is C13H12BrF3N2S. The third-order valence-electron chi connectivity index (χ3n) is 2.66. The first-order valence-corrected chi connectivity index (χ1v) is 7.42. The average Bonchev–Trinajstić information content (AvgIpc) is 2.76. The Morgan fingerprint density at radius 3 is 2.55 bits per heavy atom. The molecule has 1 aromatic heterocycles. The molecule has 3 N–H and O–H groups in total. The molecule has 2 rings (SSSR count). The molecule has 0 saturated heterocycles. The zero-order valence-corrected chi connectivity index (χ0v) is 12.7. The summed E-state index contributed by atoms with van der Waals surface area (Å²) in [4.78, 5) is 1.10. The van der Waals surface area contributed by atoms with Crippen LogP contribution in [0.25, 0.3) is 0 Å². The molecule has 2 nitrogen and oxygen atoms in total. The van der Waals surface area contributed by atoms with Gasteiger partial charge in [0.1, 0.15) is 0 Å². The van der Waals surface area contributed by atoms with Crippen molar-refractivity contribution in [3.8, 4) is 0 Å². The summed E-state index contributed by atoms with van der Waals surface area (Å²) in [5, 5.41) is 2.82. The van der Waals surface area contributed by atoms with E-state index in [0.29, 0.717) is 13.0 Å². The number of alkyl halides is 3. The molecule has 7 heteroatoms. The molecule has 0 unspecified atom stereocenters. The quantitative estimate of drug-likeness (QED) is 0.767. The summed E-state index contributed by atoms with van der Waals surface area (Å²) in [6.07, 6.45) is -3.75. The first-order chi connectivity index (χ1) is 9.36. The second-order valence-corrected chi connectivity index (χ2v) is 6.73. The van der Waals surface area contributed by atoms with Crippen molar-refractivity contribution in [3.63, 3.8) is 0 Å². The van der Waals surface area contributed by atoms with Crippen LogP contribution >= 0.6 is 27.3 Å². The minimum Gasteiger partial charge on any atom is -0.399 e. The van der Waals surface area contributed by atoms with Crippen LogP contribution in [-0.2, 0) is 12.6 Å². The fraction of sp³-hybridized carbons (Fsp3) is 0.231. The topological polar surface area (TPSA) is 38.0 Å². The van der Waals surface area contributed by atoms with Gasteiger partial charge in [0.15, 0.2) is 0 Å². The van der Waals surface area contributed by atoms with E-state index in [1.165, 1.54) is 12.1 Å². The van der Waals surface area contributed by atoms with Crippen LogP contribution in [0.1, 0.15) is 10.4 Å². The van der Waals surface area contributed by atoms with Crippen LogP contribution in [0.3, 0.4) is 0 Å². The SMILES string of the molecule is Nc1ccc(NCCc2ccc(Br)s2)c(C(F)(F)F)c1. The van der Waals surface area contributed by atoms with Crippen molar-refractivity contribution in [2.75, 3.05) is 17.6 Å². The molecule has 0 atom stereocenters. The van der Waals surface area contributed by atoms with Crippen LogP contribution in [0.5, 0.6) is 0 Å². The molecular weight excluding hydrogens is 353 g/mol. The Labute approximate surface area is 126 Å². The highest BCUT2D eigenvalue weighted by Crippen LogP contribution is 2.36. The number of hydrogen-bond donors (Lipinski definition) is 2. The Hall–Kier alpha value is -1.21. The molecule has 1 aromatic carbocycles. The summed E-state index contributed by atoms with van der Waals surface area (Å²) in [5.74, 6) is 0. The van der Waals surface area contributed by atoms with E-state index in [2.05, 4.69) is 21.2 Å². The highest BCUT2D eigenvalue weighted by atomic mass is 79.9. The van der Waals surface area contributed by atoms with Gasteiger partial charge in [0.25, 0.3) is 0 Å². The number of rotatable bonds is 4. The van der Waals surface area contributed by atoms with Gasteiger partial charge < -0.3 is 11.1 Å². The number of hydrogen-bond acceptors (Lipinski definition) is 3. The lowest BCUT2D eigenvalue weighted by molar-refractivity contribution is -0.136. The van der Waals surface area contributed by atoms with Gasteiger partial charge in [-0.1, -0.05) is 0 Å². The summed E-state index contributed by atoms with van der Waals surface area (Å²) < 4.78 is 39.7. The summed E-state index contributed by atoms with van der Waals surface area (Å²) in [6.45, 7) is 0.431. The molecule has 108 valence electrons. The third kappa shape index (κ3) is 3.89. The van der Waals surface area contributed by atoms with Crippen LogP contribution in [-0.4, -0.2) is 6.54 Å². The zero-order chi connectivity index (χ0) is 14.8. The molecule has 0 aliphatic carbocycles. The van der Waals surface area contributed by atoms with E-state index >= 15 is 0 Å². The van der Waals surface area contributed by atoms with Crippen molar-refractivity contribution in [1.82, 2.24) is 0 Å². The number of benzene rings is 1. The Morgan fingerprint density at radius 1 is 1.20 bits per heavy atom. The maximum Gasteiger partial charge on any atom is 0.418 e. The molecule has 0 radical (unpaired) electrons. The second-order valence-electron chi connectivity index (χ2n) is 4.19. The number of thiophene rings is 1. The van der Waals surface area contributed by atoms with E-state index < -0.39 is 11.7 Å². The van der Waals surface area contributed by atoms with Crippen molar-refractivity contribution in [2.24, 2.45) is 0 Å². The monoisotopic (exact) mass is 364 g/mol. The maximum atomic E-state index is 12.9. The van der Waals surface area contributed by atoms with Gasteiger partial charge in [-0.15, -0.1) is 11.3 Å². The number of halogens is 4. The van der Waals surface area contributed by atoms with Crippen LogP contribution in [0.15, 0.2) is 34.1 Å². The second kappa shape index (κ2) is 6.05. The van der Waals surface area contributed by atoms with Gasteiger partial charge in [-0.3, -0.25) is 0 Å². The van der Waals surface area contributed by atoms with Crippen molar-refractivity contribution < 1.29 is 13.2 Å². The van der Waals surface area contributed by atoms with Crippen LogP contribution in [0.2, 0.25) is 0 Å². The molecule has 20 heavy (non-hydrogen) atoms. The minimum atomic E-state index is -4.41. The lowest BCUT2D eigenvalue weighted by Crippen LogP contribution is -2.13. The molecule has 0 aliphatic heterocycles. The van der Waals surface area contributed by atoms with E-state index in [4.69, 9.17) is 5.73 Å². The van der Waals surface area contributed by atoms with Gasteiger partial charge in [-0.05, 0) is 52.7 Å². The van der Waals surface area contributed by atoms with Crippen molar-refractivity contribution in [3.05, 3.63) is 44.6 Å². The molecule has 2 aromatic rings. The maximum absolute atomic E-state index is 12.9. The van der Waals surface area contributed by atoms with Crippen molar-refractivity contribution >= 4 is 38.6 Å². The van der Waals surface area contributed by atoms with Gasteiger partial charge in [0.2, 0.25) is 0 Å². The van der Waals surface area contributed by atoms with E-state index in [1.807, 2.05) is 12.1 Å². The predicted octanol–water partition coefficient (Wildman–Crippen LogP) is 4.77. The van der Waals surface area contributed by atoms with E-state index in [1.54, 1.807) is 11.3 Å². The summed E-state index contributed by atoms with van der Waals surface area (Å²) >= 11 is 4.92. The Balaban J connectivity index is 2.06. The Morgan fingerprint density at radius 2 is 1.95 bits per heavy atom. The number of anilines is 2. The Kier molecular flexibility index (Phi) is 4.59. The average molecular weight is 365 g/mol. The lowest BCUT2D eigenvalue weighted by Gasteiger charge is -2.15. The van der Waals surface area contributed by atoms with Gasteiger partial charge >= 0.3 is 6.18 Å². The van der Waals surface area contributed by atoms with Gasteiger partial charge in [-0.2, -0.15) is 13.2 Å². The molecule has 0 bridgehead atoms. The van der Waals surface area contributed by atoms with Crippen LogP contribution in [0, 0.1) is 0 Å². The minimum absolute atomic E-state index is 0.0577. The molecule has 0 amide bonds. The van der Waals surface area contributed by atoms with Crippen molar-refractivity contribution in [2.45, 2.75) is 12.6 Å². The molecule has 1 heterocycles. The zero-order valence-electron chi connectivity index (χ0n) is 10.3. The van der Waals surface area contributed by atoms with Gasteiger partial charge in [-0.25, -0.2) is 0 Å². The lowest BCUT2D eigenvalue weighted by atomic mass is 10.1. The molecule has 0 aliphatic rings. The summed E-state index contributed by atoms with van der Waals surface area (Å²) in [7, 11) is 0. The van der Waals surface area contributed by atoms with E-state index in [0.717, 1.165) is 14.7 Å². The smallest absolute Gasteiger partial charge is 0.399 e. The third-order valence-corrected chi connectivity index (χ3v) is 4.35. The number of nitrogens with two attached hydrogens (primary N) is 1. The fourth-order valence-corrected chi connectivity index (χ4v) is 3.24. The molecule has 0 fully saturated rings. The molecule has 0 spiro atoms. The van der Waals surface area contributed by atoms with Crippen molar-refractivity contribution in [1.29, 1.82) is 0 Å². The highest BCUT2D eigenvalue weighted by Gasteiger charge is 2.33. The summed E-state index contributed by atoms with van der Waals surface area (Å²) in [6, 6.07) is 7.64.